The van der Waals surface area contributed by atoms with Gasteiger partial charge in [0.15, 0.2) is 17.3 Å². The number of nitrogens with one attached hydrogen (secondary N) is 2. The van der Waals surface area contributed by atoms with Gasteiger partial charge in [-0.25, -0.2) is 0 Å². The second-order valence-corrected chi connectivity index (χ2v) is 6.93. The molecule has 9 nitrogen and oxygen atoms in total. The smallest absolute Gasteiger partial charge is 0.273 e. The number of H-pyrrole nitrogens is 1. The number of fused-ring (bicyclic) bond motifs is 1. The lowest BCUT2D eigenvalue weighted by molar-refractivity contribution is -0.121. The summed E-state index contributed by atoms with van der Waals surface area (Å²) in [5.41, 5.74) is 1.52. The zero-order valence-electron chi connectivity index (χ0n) is 17.0. The van der Waals surface area contributed by atoms with E-state index in [9.17, 15) is 9.59 Å². The van der Waals surface area contributed by atoms with Crippen molar-refractivity contribution in [1.29, 1.82) is 0 Å². The van der Waals surface area contributed by atoms with Crippen molar-refractivity contribution in [3.8, 4) is 28.6 Å². The van der Waals surface area contributed by atoms with Crippen LogP contribution in [0.2, 0.25) is 0 Å². The van der Waals surface area contributed by atoms with Gasteiger partial charge >= 0.3 is 0 Å². The minimum absolute atomic E-state index is 0.146. The number of ether oxygens (including phenoxy) is 3. The lowest BCUT2D eigenvalue weighted by Gasteiger charge is -2.09. The lowest BCUT2D eigenvalue weighted by atomic mass is 10.1. The first-order valence-corrected chi connectivity index (χ1v) is 9.88. The molecule has 1 aliphatic heterocycles. The summed E-state index contributed by atoms with van der Waals surface area (Å²) in [7, 11) is 1.62. The van der Waals surface area contributed by atoms with Crippen molar-refractivity contribution in [2.24, 2.45) is 0 Å². The van der Waals surface area contributed by atoms with Crippen LogP contribution in [0, 0.1) is 0 Å². The van der Waals surface area contributed by atoms with Crippen molar-refractivity contribution < 1.29 is 19.0 Å². The minimum Gasteiger partial charge on any atom is -0.496 e. The molecule has 0 aliphatic carbocycles. The number of carbonyl (C=O) groups excluding carboxylic acids is 1. The summed E-state index contributed by atoms with van der Waals surface area (Å²) >= 11 is 0. The van der Waals surface area contributed by atoms with E-state index in [4.69, 9.17) is 14.2 Å². The van der Waals surface area contributed by atoms with Crippen molar-refractivity contribution in [2.75, 3.05) is 20.4 Å². The van der Waals surface area contributed by atoms with Crippen LogP contribution in [0.1, 0.15) is 17.7 Å². The Kier molecular flexibility index (Phi) is 6.11. The number of amides is 1. The summed E-state index contributed by atoms with van der Waals surface area (Å²) in [5.74, 6) is 2.20. The molecule has 2 heterocycles. The average molecular weight is 422 g/mol. The van der Waals surface area contributed by atoms with Crippen LogP contribution in [-0.4, -0.2) is 41.5 Å². The van der Waals surface area contributed by atoms with E-state index in [0.29, 0.717) is 35.9 Å². The summed E-state index contributed by atoms with van der Waals surface area (Å²) in [5, 5.41) is 10.9. The highest BCUT2D eigenvalue weighted by Gasteiger charge is 2.16. The zero-order valence-corrected chi connectivity index (χ0v) is 17.0. The molecule has 0 saturated heterocycles. The van der Waals surface area contributed by atoms with E-state index in [1.165, 1.54) is 0 Å². The Bertz CT molecular complexity index is 1140. The van der Waals surface area contributed by atoms with Gasteiger partial charge in [0.2, 0.25) is 12.7 Å². The number of aromatic amines is 1. The molecule has 2 aromatic carbocycles. The van der Waals surface area contributed by atoms with Gasteiger partial charge in [0.05, 0.1) is 7.11 Å². The molecule has 0 unspecified atom stereocenters. The standard InChI is InChI=1S/C22H22N4O5/c1-29-17-5-3-2-4-14(17)10-11-23-20(27)9-7-16-22(28)24-21(26-25-16)15-6-8-18-19(12-15)31-13-30-18/h2-6,8,12H,7,9-11,13H2,1H3,(H,23,27)(H,24,26,28). The molecule has 160 valence electrons. The summed E-state index contributed by atoms with van der Waals surface area (Å²) in [6.07, 6.45) is 0.998. The van der Waals surface area contributed by atoms with E-state index in [1.54, 1.807) is 25.3 Å². The zero-order chi connectivity index (χ0) is 21.6. The summed E-state index contributed by atoms with van der Waals surface area (Å²) < 4.78 is 15.9. The third-order valence-corrected chi connectivity index (χ3v) is 4.91. The molecular formula is C22H22N4O5. The number of rotatable bonds is 8. The SMILES string of the molecule is COc1ccccc1CCNC(=O)CCc1nnc(-c2ccc3c(c2)OCO3)[nH]c1=O. The van der Waals surface area contributed by atoms with Crippen molar-refractivity contribution in [1.82, 2.24) is 20.5 Å². The largest absolute Gasteiger partial charge is 0.496 e. The number of hydrogen-bond donors (Lipinski definition) is 2. The fourth-order valence-corrected chi connectivity index (χ4v) is 3.26. The van der Waals surface area contributed by atoms with E-state index in [0.717, 1.165) is 11.3 Å². The first kappa shape index (κ1) is 20.4. The van der Waals surface area contributed by atoms with Crippen LogP contribution in [0.4, 0.5) is 0 Å². The average Bonchev–Trinajstić information content (AvgIpc) is 3.26. The molecule has 1 amide bonds. The maximum Gasteiger partial charge on any atom is 0.273 e. The van der Waals surface area contributed by atoms with Crippen molar-refractivity contribution in [3.63, 3.8) is 0 Å². The van der Waals surface area contributed by atoms with Crippen molar-refractivity contribution in [2.45, 2.75) is 19.3 Å². The highest BCUT2D eigenvalue weighted by atomic mass is 16.7. The van der Waals surface area contributed by atoms with Crippen LogP contribution in [-0.2, 0) is 17.6 Å². The van der Waals surface area contributed by atoms with E-state index in [-0.39, 0.29) is 36.8 Å². The Labute approximate surface area is 178 Å². The number of para-hydroxylation sites is 1. The molecule has 1 aliphatic rings. The van der Waals surface area contributed by atoms with Gasteiger partial charge in [0, 0.05) is 24.9 Å². The second kappa shape index (κ2) is 9.29. The van der Waals surface area contributed by atoms with E-state index < -0.39 is 0 Å². The van der Waals surface area contributed by atoms with E-state index in [1.807, 2.05) is 24.3 Å². The molecule has 31 heavy (non-hydrogen) atoms. The van der Waals surface area contributed by atoms with Gasteiger partial charge in [-0.15, -0.1) is 10.2 Å². The first-order chi connectivity index (χ1) is 15.1. The number of methoxy groups -OCH3 is 1. The maximum atomic E-state index is 12.4. The van der Waals surface area contributed by atoms with Gasteiger partial charge < -0.3 is 24.5 Å². The number of benzene rings is 2. The molecule has 0 radical (unpaired) electrons. The number of hydrogen-bond acceptors (Lipinski definition) is 7. The Morgan fingerprint density at radius 3 is 2.81 bits per heavy atom. The Morgan fingerprint density at radius 1 is 1.13 bits per heavy atom. The first-order valence-electron chi connectivity index (χ1n) is 9.88. The number of aryl methyl sites for hydroxylation is 1. The Hall–Kier alpha value is -3.88. The molecule has 0 bridgehead atoms. The lowest BCUT2D eigenvalue weighted by Crippen LogP contribution is -2.27. The Balaban J connectivity index is 1.30. The third-order valence-electron chi connectivity index (χ3n) is 4.91. The topological polar surface area (TPSA) is 115 Å². The van der Waals surface area contributed by atoms with Gasteiger partial charge in [-0.1, -0.05) is 18.2 Å². The number of nitrogens with zero attached hydrogens (tertiary/aromatic N) is 2. The summed E-state index contributed by atoms with van der Waals surface area (Å²) in [4.78, 5) is 27.2. The van der Waals surface area contributed by atoms with Crippen LogP contribution in [0.5, 0.6) is 17.2 Å². The highest BCUT2D eigenvalue weighted by Crippen LogP contribution is 2.34. The van der Waals surface area contributed by atoms with Gasteiger partial charge in [-0.05, 0) is 36.2 Å². The van der Waals surface area contributed by atoms with Gasteiger partial charge in [0.1, 0.15) is 11.4 Å². The van der Waals surface area contributed by atoms with Crippen LogP contribution in [0.15, 0.2) is 47.3 Å². The van der Waals surface area contributed by atoms with E-state index in [2.05, 4.69) is 20.5 Å². The van der Waals surface area contributed by atoms with E-state index >= 15 is 0 Å². The van der Waals surface area contributed by atoms with Crippen LogP contribution in [0.25, 0.3) is 11.4 Å². The van der Waals surface area contributed by atoms with Crippen molar-refractivity contribution >= 4 is 5.91 Å². The fourth-order valence-electron chi connectivity index (χ4n) is 3.26. The molecule has 2 N–H and O–H groups in total. The third kappa shape index (κ3) is 4.82. The van der Waals surface area contributed by atoms with Crippen LogP contribution in [0.3, 0.4) is 0 Å². The van der Waals surface area contributed by atoms with Gasteiger partial charge in [-0.3, -0.25) is 9.59 Å². The normalized spacial score (nSPS) is 11.9. The van der Waals surface area contributed by atoms with Gasteiger partial charge in [0.25, 0.3) is 5.56 Å². The predicted octanol–water partition coefficient (Wildman–Crippen LogP) is 1.86. The number of aromatic nitrogens is 3. The van der Waals surface area contributed by atoms with Gasteiger partial charge in [-0.2, -0.15) is 0 Å². The highest BCUT2D eigenvalue weighted by molar-refractivity contribution is 5.76. The number of carbonyl (C=O) groups is 1. The quantitative estimate of drug-likeness (QED) is 0.569. The summed E-state index contributed by atoms with van der Waals surface area (Å²) in [6, 6.07) is 12.9. The molecule has 0 atom stereocenters. The molecule has 3 aromatic rings. The second-order valence-electron chi connectivity index (χ2n) is 6.93. The van der Waals surface area contributed by atoms with Crippen LogP contribution >= 0.6 is 0 Å². The molecule has 9 heteroatoms. The fraction of sp³-hybridized carbons (Fsp3) is 0.273. The van der Waals surface area contributed by atoms with Crippen molar-refractivity contribution in [3.05, 3.63) is 64.1 Å². The minimum atomic E-state index is -0.371. The molecule has 0 fully saturated rings. The summed E-state index contributed by atoms with van der Waals surface area (Å²) in [6.45, 7) is 0.644. The molecule has 0 saturated carbocycles. The molecular weight excluding hydrogens is 400 g/mol. The van der Waals surface area contributed by atoms with Crippen LogP contribution < -0.4 is 25.1 Å². The Morgan fingerprint density at radius 2 is 1.97 bits per heavy atom. The molecule has 0 spiro atoms. The molecule has 1 aromatic heterocycles. The predicted molar refractivity (Wildman–Crippen MR) is 112 cm³/mol. The maximum absolute atomic E-state index is 12.4. The monoisotopic (exact) mass is 422 g/mol. The molecule has 4 rings (SSSR count).